The lowest BCUT2D eigenvalue weighted by Gasteiger charge is -1.98. The summed E-state index contributed by atoms with van der Waals surface area (Å²) < 4.78 is 5.81. The Kier molecular flexibility index (Phi) is 3.07. The van der Waals surface area contributed by atoms with Crippen LogP contribution in [0.5, 0.6) is 0 Å². The summed E-state index contributed by atoms with van der Waals surface area (Å²) in [5.41, 5.74) is 7.91. The molecule has 0 aliphatic rings. The van der Waals surface area contributed by atoms with E-state index in [0.717, 1.165) is 24.2 Å². The summed E-state index contributed by atoms with van der Waals surface area (Å²) in [6.45, 7) is 2.75. The van der Waals surface area contributed by atoms with Gasteiger partial charge in [-0.1, -0.05) is 31.5 Å². The Morgan fingerprint density at radius 3 is 2.80 bits per heavy atom. The summed E-state index contributed by atoms with van der Waals surface area (Å²) in [5.74, 6) is 1.07. The van der Waals surface area contributed by atoms with E-state index in [1.807, 2.05) is 18.2 Å². The van der Waals surface area contributed by atoms with Gasteiger partial charge in [0.2, 0.25) is 0 Å². The predicted molar refractivity (Wildman–Crippen MR) is 62.7 cm³/mol. The molecule has 0 aliphatic carbocycles. The van der Waals surface area contributed by atoms with Crippen LogP contribution in [-0.2, 0) is 13.0 Å². The van der Waals surface area contributed by atoms with Crippen LogP contribution in [0.25, 0.3) is 11.0 Å². The molecule has 0 saturated carbocycles. The maximum absolute atomic E-state index is 5.81. The quantitative estimate of drug-likeness (QED) is 0.828. The Labute approximate surface area is 90.1 Å². The molecule has 0 saturated heterocycles. The van der Waals surface area contributed by atoms with Crippen molar-refractivity contribution in [1.82, 2.24) is 0 Å². The summed E-state index contributed by atoms with van der Waals surface area (Å²) in [5, 5.41) is 1.17. The number of furan rings is 1. The first kappa shape index (κ1) is 10.2. The smallest absolute Gasteiger partial charge is 0.134 e. The van der Waals surface area contributed by atoms with Gasteiger partial charge in [0.25, 0.3) is 0 Å². The molecule has 80 valence electrons. The summed E-state index contributed by atoms with van der Waals surface area (Å²) >= 11 is 0. The minimum absolute atomic E-state index is 0.566. The first-order chi connectivity index (χ1) is 7.36. The first-order valence-corrected chi connectivity index (χ1v) is 5.56. The molecule has 0 unspecified atom stereocenters. The van der Waals surface area contributed by atoms with E-state index in [2.05, 4.69) is 13.0 Å². The predicted octanol–water partition coefficient (Wildman–Crippen LogP) is 3.23. The summed E-state index contributed by atoms with van der Waals surface area (Å²) in [7, 11) is 0. The molecule has 0 amide bonds. The number of para-hydroxylation sites is 1. The average molecular weight is 203 g/mol. The molecule has 1 aromatic heterocycles. The van der Waals surface area contributed by atoms with Gasteiger partial charge in [0.15, 0.2) is 0 Å². The van der Waals surface area contributed by atoms with Gasteiger partial charge in [0, 0.05) is 23.9 Å². The van der Waals surface area contributed by atoms with E-state index < -0.39 is 0 Å². The van der Waals surface area contributed by atoms with E-state index in [0.29, 0.717) is 6.54 Å². The standard InChI is InChI=1S/C13H17NO/c1-2-3-7-13-11(9-14)10-6-4-5-8-12(10)15-13/h4-6,8H,2-3,7,9,14H2,1H3. The summed E-state index contributed by atoms with van der Waals surface area (Å²) in [6.07, 6.45) is 3.34. The monoisotopic (exact) mass is 203 g/mol. The van der Waals surface area contributed by atoms with Gasteiger partial charge in [0.1, 0.15) is 11.3 Å². The number of benzene rings is 1. The average Bonchev–Trinajstić information content (AvgIpc) is 2.63. The van der Waals surface area contributed by atoms with Crippen LogP contribution >= 0.6 is 0 Å². The molecule has 1 heterocycles. The highest BCUT2D eigenvalue weighted by Crippen LogP contribution is 2.26. The highest BCUT2D eigenvalue weighted by atomic mass is 16.3. The molecule has 0 spiro atoms. The highest BCUT2D eigenvalue weighted by molar-refractivity contribution is 5.82. The van der Waals surface area contributed by atoms with Gasteiger partial charge in [-0.3, -0.25) is 0 Å². The lowest BCUT2D eigenvalue weighted by Crippen LogP contribution is -1.98. The maximum atomic E-state index is 5.81. The fourth-order valence-corrected chi connectivity index (χ4v) is 1.91. The SMILES string of the molecule is CCCCc1oc2ccccc2c1CN. The van der Waals surface area contributed by atoms with Crippen LogP contribution in [-0.4, -0.2) is 0 Å². The zero-order valence-electron chi connectivity index (χ0n) is 9.12. The highest BCUT2D eigenvalue weighted by Gasteiger charge is 2.11. The molecular formula is C13H17NO. The molecule has 15 heavy (non-hydrogen) atoms. The van der Waals surface area contributed by atoms with Crippen molar-refractivity contribution in [3.8, 4) is 0 Å². The van der Waals surface area contributed by atoms with Crippen LogP contribution in [0.15, 0.2) is 28.7 Å². The van der Waals surface area contributed by atoms with Gasteiger partial charge in [0.05, 0.1) is 0 Å². The van der Waals surface area contributed by atoms with Gasteiger partial charge in [-0.05, 0) is 12.5 Å². The molecule has 0 radical (unpaired) electrons. The molecule has 2 rings (SSSR count). The molecule has 2 N–H and O–H groups in total. The molecular weight excluding hydrogens is 186 g/mol. The van der Waals surface area contributed by atoms with Gasteiger partial charge in [-0.15, -0.1) is 0 Å². The number of unbranched alkanes of at least 4 members (excludes halogenated alkanes) is 1. The molecule has 2 nitrogen and oxygen atoms in total. The van der Waals surface area contributed by atoms with E-state index in [9.17, 15) is 0 Å². The third kappa shape index (κ3) is 1.90. The molecule has 2 heteroatoms. The van der Waals surface area contributed by atoms with Crippen molar-refractivity contribution in [2.45, 2.75) is 32.7 Å². The van der Waals surface area contributed by atoms with Gasteiger partial charge >= 0.3 is 0 Å². The summed E-state index contributed by atoms with van der Waals surface area (Å²) in [4.78, 5) is 0. The molecule has 0 bridgehead atoms. The van der Waals surface area contributed by atoms with E-state index in [4.69, 9.17) is 10.2 Å². The minimum Gasteiger partial charge on any atom is -0.461 e. The van der Waals surface area contributed by atoms with Crippen LogP contribution < -0.4 is 5.73 Å². The van der Waals surface area contributed by atoms with E-state index in [-0.39, 0.29) is 0 Å². The van der Waals surface area contributed by atoms with Crippen molar-refractivity contribution in [3.05, 3.63) is 35.6 Å². The third-order valence-corrected chi connectivity index (χ3v) is 2.74. The topological polar surface area (TPSA) is 39.2 Å². The first-order valence-electron chi connectivity index (χ1n) is 5.56. The Balaban J connectivity index is 2.44. The number of fused-ring (bicyclic) bond motifs is 1. The van der Waals surface area contributed by atoms with Gasteiger partial charge < -0.3 is 10.2 Å². The van der Waals surface area contributed by atoms with Crippen molar-refractivity contribution in [3.63, 3.8) is 0 Å². The van der Waals surface area contributed by atoms with Crippen molar-refractivity contribution in [2.24, 2.45) is 5.73 Å². The van der Waals surface area contributed by atoms with Crippen LogP contribution in [0.2, 0.25) is 0 Å². The largest absolute Gasteiger partial charge is 0.461 e. The van der Waals surface area contributed by atoms with Crippen LogP contribution in [0.4, 0.5) is 0 Å². The Morgan fingerprint density at radius 2 is 2.07 bits per heavy atom. The maximum Gasteiger partial charge on any atom is 0.134 e. The number of rotatable bonds is 4. The molecule has 1 aromatic carbocycles. The zero-order chi connectivity index (χ0) is 10.7. The number of nitrogens with two attached hydrogens (primary N) is 1. The fraction of sp³-hybridized carbons (Fsp3) is 0.385. The zero-order valence-corrected chi connectivity index (χ0v) is 9.12. The van der Waals surface area contributed by atoms with E-state index in [1.165, 1.54) is 17.4 Å². The summed E-state index contributed by atoms with van der Waals surface area (Å²) in [6, 6.07) is 8.11. The Hall–Kier alpha value is -1.28. The Bertz CT molecular complexity index is 445. The normalized spacial score (nSPS) is 11.1. The third-order valence-electron chi connectivity index (χ3n) is 2.74. The van der Waals surface area contributed by atoms with Gasteiger partial charge in [-0.2, -0.15) is 0 Å². The number of aryl methyl sites for hydroxylation is 1. The van der Waals surface area contributed by atoms with Crippen LogP contribution in [0.1, 0.15) is 31.1 Å². The van der Waals surface area contributed by atoms with Crippen molar-refractivity contribution >= 4 is 11.0 Å². The lowest BCUT2D eigenvalue weighted by molar-refractivity contribution is 0.530. The van der Waals surface area contributed by atoms with E-state index in [1.54, 1.807) is 0 Å². The molecule has 0 aliphatic heterocycles. The fourth-order valence-electron chi connectivity index (χ4n) is 1.91. The van der Waals surface area contributed by atoms with Crippen molar-refractivity contribution < 1.29 is 4.42 Å². The van der Waals surface area contributed by atoms with Crippen LogP contribution in [0, 0.1) is 0 Å². The second kappa shape index (κ2) is 4.49. The number of hydrogen-bond acceptors (Lipinski definition) is 2. The second-order valence-corrected chi connectivity index (χ2v) is 3.81. The van der Waals surface area contributed by atoms with Crippen molar-refractivity contribution in [1.29, 1.82) is 0 Å². The molecule has 0 fully saturated rings. The van der Waals surface area contributed by atoms with Gasteiger partial charge in [-0.25, -0.2) is 0 Å². The second-order valence-electron chi connectivity index (χ2n) is 3.81. The number of hydrogen-bond donors (Lipinski definition) is 1. The Morgan fingerprint density at radius 1 is 1.27 bits per heavy atom. The molecule has 0 atom stereocenters. The van der Waals surface area contributed by atoms with Crippen LogP contribution in [0.3, 0.4) is 0 Å². The van der Waals surface area contributed by atoms with E-state index >= 15 is 0 Å². The lowest BCUT2D eigenvalue weighted by atomic mass is 10.1. The van der Waals surface area contributed by atoms with Crippen molar-refractivity contribution in [2.75, 3.05) is 0 Å². The molecule has 2 aromatic rings. The minimum atomic E-state index is 0.566.